The molecule has 1 saturated heterocycles. The lowest BCUT2D eigenvalue weighted by Gasteiger charge is -2.32. The molecule has 1 amide bonds. The fraction of sp³-hybridized carbons (Fsp3) is 0.400. The molecular formula is C20H23N5O2S2. The standard InChI is InChI=1S/C20H23N5O2S2/c1-24(2)17-9-10-18(23-22-17)27-14-6-5-11-25(12-14)19(26)13-28-20-21-15-7-3-4-8-16(15)29-20/h3-4,7-10,14H,5-6,11-13H2,1-2H3. The topological polar surface area (TPSA) is 71.5 Å². The number of para-hydroxylation sites is 1. The molecule has 9 heteroatoms. The second kappa shape index (κ2) is 8.96. The Balaban J connectivity index is 1.30. The molecule has 1 aliphatic rings. The van der Waals surface area contributed by atoms with E-state index >= 15 is 0 Å². The van der Waals surface area contributed by atoms with Gasteiger partial charge in [-0.3, -0.25) is 4.79 Å². The molecular weight excluding hydrogens is 406 g/mol. The van der Waals surface area contributed by atoms with E-state index in [9.17, 15) is 4.79 Å². The predicted octanol–water partition coefficient (Wildman–Crippen LogP) is 3.31. The van der Waals surface area contributed by atoms with Crippen molar-refractivity contribution in [3.63, 3.8) is 0 Å². The van der Waals surface area contributed by atoms with Crippen molar-refractivity contribution in [1.82, 2.24) is 20.1 Å². The molecule has 0 saturated carbocycles. The molecule has 0 spiro atoms. The maximum absolute atomic E-state index is 12.7. The van der Waals surface area contributed by atoms with Crippen LogP contribution in [0.1, 0.15) is 12.8 Å². The SMILES string of the molecule is CN(C)c1ccc(OC2CCCN(C(=O)CSc3nc4ccccc4s3)C2)nn1. The van der Waals surface area contributed by atoms with Crippen molar-refractivity contribution in [3.05, 3.63) is 36.4 Å². The van der Waals surface area contributed by atoms with Gasteiger partial charge in [0.15, 0.2) is 10.2 Å². The van der Waals surface area contributed by atoms with E-state index in [1.807, 2.05) is 54.2 Å². The highest BCUT2D eigenvalue weighted by Gasteiger charge is 2.25. The van der Waals surface area contributed by atoms with Crippen molar-refractivity contribution in [2.75, 3.05) is 37.8 Å². The van der Waals surface area contributed by atoms with Gasteiger partial charge in [-0.15, -0.1) is 21.5 Å². The summed E-state index contributed by atoms with van der Waals surface area (Å²) >= 11 is 3.13. The van der Waals surface area contributed by atoms with E-state index < -0.39 is 0 Å². The quantitative estimate of drug-likeness (QED) is 0.557. The molecule has 0 N–H and O–H groups in total. The van der Waals surface area contributed by atoms with E-state index in [2.05, 4.69) is 21.2 Å². The minimum atomic E-state index is -0.0559. The first-order valence-electron chi connectivity index (χ1n) is 9.52. The molecule has 1 atom stereocenters. The monoisotopic (exact) mass is 429 g/mol. The van der Waals surface area contributed by atoms with Gasteiger partial charge in [0.1, 0.15) is 6.10 Å². The Morgan fingerprint density at radius 3 is 2.90 bits per heavy atom. The van der Waals surface area contributed by atoms with Crippen LogP contribution in [0, 0.1) is 0 Å². The smallest absolute Gasteiger partial charge is 0.233 e. The number of benzene rings is 1. The summed E-state index contributed by atoms with van der Waals surface area (Å²) in [5.41, 5.74) is 0.986. The van der Waals surface area contributed by atoms with Gasteiger partial charge < -0.3 is 14.5 Å². The fourth-order valence-corrected chi connectivity index (χ4v) is 5.14. The van der Waals surface area contributed by atoms with Gasteiger partial charge in [0, 0.05) is 26.7 Å². The number of carbonyl (C=O) groups is 1. The van der Waals surface area contributed by atoms with Gasteiger partial charge in [-0.05, 0) is 31.0 Å². The van der Waals surface area contributed by atoms with Gasteiger partial charge in [-0.1, -0.05) is 23.9 Å². The Morgan fingerprint density at radius 2 is 2.14 bits per heavy atom. The first kappa shape index (κ1) is 19.9. The number of hydrogen-bond acceptors (Lipinski definition) is 8. The van der Waals surface area contributed by atoms with Gasteiger partial charge in [0.05, 0.1) is 22.5 Å². The third-order valence-corrected chi connectivity index (χ3v) is 6.86. The number of likely N-dealkylation sites (tertiary alicyclic amines) is 1. The summed E-state index contributed by atoms with van der Waals surface area (Å²) in [6.45, 7) is 1.35. The highest BCUT2D eigenvalue weighted by atomic mass is 32.2. The molecule has 7 nitrogen and oxygen atoms in total. The number of nitrogens with zero attached hydrogens (tertiary/aromatic N) is 5. The Bertz CT molecular complexity index is 943. The number of thiazole rings is 1. The van der Waals surface area contributed by atoms with Crippen LogP contribution < -0.4 is 9.64 Å². The average Bonchev–Trinajstić information content (AvgIpc) is 3.15. The number of aromatic nitrogens is 3. The lowest BCUT2D eigenvalue weighted by atomic mass is 10.1. The van der Waals surface area contributed by atoms with Crippen LogP contribution in [0.4, 0.5) is 5.82 Å². The summed E-state index contributed by atoms with van der Waals surface area (Å²) in [7, 11) is 3.84. The summed E-state index contributed by atoms with van der Waals surface area (Å²) in [6.07, 6.45) is 1.77. The number of hydrogen-bond donors (Lipinski definition) is 0. The van der Waals surface area contributed by atoms with E-state index in [4.69, 9.17) is 4.74 Å². The number of fused-ring (bicyclic) bond motifs is 1. The van der Waals surface area contributed by atoms with E-state index in [0.717, 1.165) is 39.8 Å². The van der Waals surface area contributed by atoms with Gasteiger partial charge in [0.25, 0.3) is 0 Å². The predicted molar refractivity (Wildman–Crippen MR) is 117 cm³/mol. The lowest BCUT2D eigenvalue weighted by molar-refractivity contribution is -0.130. The van der Waals surface area contributed by atoms with Gasteiger partial charge in [-0.25, -0.2) is 4.98 Å². The van der Waals surface area contributed by atoms with Gasteiger partial charge in [0.2, 0.25) is 11.8 Å². The third kappa shape index (κ3) is 4.97. The first-order valence-corrected chi connectivity index (χ1v) is 11.3. The largest absolute Gasteiger partial charge is 0.471 e. The highest BCUT2D eigenvalue weighted by Crippen LogP contribution is 2.29. The van der Waals surface area contributed by atoms with Crippen LogP contribution in [0.3, 0.4) is 0 Å². The Kier molecular flexibility index (Phi) is 6.15. The van der Waals surface area contributed by atoms with E-state index in [1.165, 1.54) is 11.8 Å². The first-order chi connectivity index (χ1) is 14.1. The number of anilines is 1. The molecule has 0 aliphatic carbocycles. The van der Waals surface area contributed by atoms with Crippen LogP contribution in [0.25, 0.3) is 10.2 Å². The minimum Gasteiger partial charge on any atom is -0.471 e. The van der Waals surface area contributed by atoms with Gasteiger partial charge in [-0.2, -0.15) is 0 Å². The van der Waals surface area contributed by atoms with Crippen LogP contribution in [0.5, 0.6) is 5.88 Å². The number of ether oxygens (including phenoxy) is 1. The van der Waals surface area contributed by atoms with Crippen LogP contribution >= 0.6 is 23.1 Å². The molecule has 1 unspecified atom stereocenters. The molecule has 3 heterocycles. The summed E-state index contributed by atoms with van der Waals surface area (Å²) in [6, 6.07) is 11.7. The second-order valence-electron chi connectivity index (χ2n) is 7.08. The number of thioether (sulfide) groups is 1. The Labute approximate surface area is 178 Å². The Hall–Kier alpha value is -2.39. The summed E-state index contributed by atoms with van der Waals surface area (Å²) in [5.74, 6) is 1.80. The third-order valence-electron chi connectivity index (χ3n) is 4.70. The van der Waals surface area contributed by atoms with E-state index in [0.29, 0.717) is 18.2 Å². The zero-order chi connectivity index (χ0) is 20.2. The molecule has 152 valence electrons. The van der Waals surface area contributed by atoms with Crippen molar-refractivity contribution in [2.24, 2.45) is 0 Å². The maximum atomic E-state index is 12.7. The minimum absolute atomic E-state index is 0.0559. The van der Waals surface area contributed by atoms with Crippen molar-refractivity contribution in [1.29, 1.82) is 0 Å². The summed E-state index contributed by atoms with van der Waals surface area (Å²) < 4.78 is 8.05. The maximum Gasteiger partial charge on any atom is 0.233 e. The zero-order valence-electron chi connectivity index (χ0n) is 16.4. The second-order valence-corrected chi connectivity index (χ2v) is 9.34. The fourth-order valence-electron chi connectivity index (χ4n) is 3.17. The molecule has 0 radical (unpaired) electrons. The molecule has 2 aromatic heterocycles. The molecule has 3 aromatic rings. The van der Waals surface area contributed by atoms with Crippen molar-refractivity contribution < 1.29 is 9.53 Å². The molecule has 29 heavy (non-hydrogen) atoms. The molecule has 0 bridgehead atoms. The number of carbonyl (C=O) groups excluding carboxylic acids is 1. The highest BCUT2D eigenvalue weighted by molar-refractivity contribution is 8.01. The average molecular weight is 430 g/mol. The zero-order valence-corrected chi connectivity index (χ0v) is 18.1. The summed E-state index contributed by atoms with van der Waals surface area (Å²) in [4.78, 5) is 21.1. The number of rotatable bonds is 6. The van der Waals surface area contributed by atoms with Crippen LogP contribution in [-0.2, 0) is 4.79 Å². The Morgan fingerprint density at radius 1 is 1.28 bits per heavy atom. The summed E-state index contributed by atoms with van der Waals surface area (Å²) in [5, 5.41) is 8.27. The molecule has 1 fully saturated rings. The molecule has 4 rings (SSSR count). The lowest BCUT2D eigenvalue weighted by Crippen LogP contribution is -2.45. The number of amides is 1. The molecule has 1 aromatic carbocycles. The molecule has 1 aliphatic heterocycles. The number of piperidine rings is 1. The van der Waals surface area contributed by atoms with Crippen molar-refractivity contribution in [2.45, 2.75) is 23.3 Å². The van der Waals surface area contributed by atoms with Gasteiger partial charge >= 0.3 is 0 Å². The van der Waals surface area contributed by atoms with E-state index in [1.54, 1.807) is 11.3 Å². The van der Waals surface area contributed by atoms with Crippen LogP contribution in [-0.4, -0.2) is 65.0 Å². The van der Waals surface area contributed by atoms with Crippen molar-refractivity contribution in [3.8, 4) is 5.88 Å². The van der Waals surface area contributed by atoms with E-state index in [-0.39, 0.29) is 12.0 Å². The van der Waals surface area contributed by atoms with Crippen molar-refractivity contribution >= 4 is 45.0 Å². The van der Waals surface area contributed by atoms with Crippen LogP contribution in [0.15, 0.2) is 40.7 Å². The van der Waals surface area contributed by atoms with Crippen LogP contribution in [0.2, 0.25) is 0 Å². The normalized spacial score (nSPS) is 16.8.